The lowest BCUT2D eigenvalue weighted by atomic mass is 10.0. The Morgan fingerprint density at radius 2 is 2.17 bits per heavy atom. The third-order valence-electron chi connectivity index (χ3n) is 5.75. The third-order valence-corrected chi connectivity index (χ3v) is 5.75. The Morgan fingerprint density at radius 1 is 1.27 bits per heavy atom. The van der Waals surface area contributed by atoms with E-state index in [1.165, 1.54) is 5.56 Å². The summed E-state index contributed by atoms with van der Waals surface area (Å²) in [4.78, 5) is 36.6. The lowest BCUT2D eigenvalue weighted by Gasteiger charge is -2.27. The number of urea groups is 1. The maximum absolute atomic E-state index is 12.9. The molecule has 8 heteroatoms. The number of aliphatic carboxylic acids is 1. The minimum atomic E-state index is -0.929. The number of hydrogen-bond acceptors (Lipinski definition) is 5. The van der Waals surface area contributed by atoms with E-state index in [-0.39, 0.29) is 12.5 Å². The Morgan fingerprint density at radius 3 is 2.97 bits per heavy atom. The molecule has 4 heterocycles. The first-order valence-electron chi connectivity index (χ1n) is 10.5. The van der Waals surface area contributed by atoms with E-state index in [0.29, 0.717) is 19.6 Å². The van der Waals surface area contributed by atoms with Gasteiger partial charge in [-0.2, -0.15) is 0 Å². The average Bonchev–Trinajstić information content (AvgIpc) is 3.12. The minimum Gasteiger partial charge on any atom is -0.481 e. The largest absolute Gasteiger partial charge is 0.481 e. The number of hydrogen-bond donors (Lipinski definition) is 2. The fraction of sp³-hybridized carbons (Fsp3) is 0.455. The summed E-state index contributed by atoms with van der Waals surface area (Å²) in [5, 5.41) is 12.7. The van der Waals surface area contributed by atoms with Gasteiger partial charge in [0, 0.05) is 44.3 Å². The smallest absolute Gasteiger partial charge is 0.320 e. The highest BCUT2D eigenvalue weighted by atomic mass is 16.4. The van der Waals surface area contributed by atoms with Crippen molar-refractivity contribution < 1.29 is 14.7 Å². The molecule has 1 atom stereocenters. The van der Waals surface area contributed by atoms with Gasteiger partial charge in [0.05, 0.1) is 12.5 Å². The molecule has 2 aliphatic heterocycles. The second-order valence-electron chi connectivity index (χ2n) is 7.81. The fourth-order valence-electron chi connectivity index (χ4n) is 4.20. The summed E-state index contributed by atoms with van der Waals surface area (Å²) in [7, 11) is 0. The number of fused-ring (bicyclic) bond motifs is 1. The number of anilines is 1. The Hall–Kier alpha value is -3.16. The van der Waals surface area contributed by atoms with Crippen LogP contribution in [0, 0.1) is 0 Å². The molecule has 0 saturated carbocycles. The Kier molecular flexibility index (Phi) is 6.11. The SMILES string of the molecule is O=C(O)C[C@@H](c1cccnc1)N1CCN(CCCc2ccc3c(n2)NCCC3)C1=O. The summed E-state index contributed by atoms with van der Waals surface area (Å²) in [6.45, 7) is 2.73. The van der Waals surface area contributed by atoms with Crippen LogP contribution in [0.3, 0.4) is 0 Å². The van der Waals surface area contributed by atoms with Gasteiger partial charge in [0.25, 0.3) is 0 Å². The van der Waals surface area contributed by atoms with Crippen LogP contribution in [0.2, 0.25) is 0 Å². The highest BCUT2D eigenvalue weighted by Crippen LogP contribution is 2.28. The van der Waals surface area contributed by atoms with E-state index in [4.69, 9.17) is 4.98 Å². The summed E-state index contributed by atoms with van der Waals surface area (Å²) in [6, 6.07) is 7.22. The van der Waals surface area contributed by atoms with Crippen LogP contribution in [-0.4, -0.2) is 63.1 Å². The summed E-state index contributed by atoms with van der Waals surface area (Å²) in [5.41, 5.74) is 3.06. The van der Waals surface area contributed by atoms with Crippen LogP contribution in [-0.2, 0) is 17.6 Å². The number of nitrogens with one attached hydrogen (secondary N) is 1. The summed E-state index contributed by atoms with van der Waals surface area (Å²) < 4.78 is 0. The van der Waals surface area contributed by atoms with E-state index in [1.54, 1.807) is 23.4 Å². The van der Waals surface area contributed by atoms with Crippen LogP contribution in [0.1, 0.15) is 42.1 Å². The maximum atomic E-state index is 12.9. The van der Waals surface area contributed by atoms with Gasteiger partial charge in [0.2, 0.25) is 0 Å². The minimum absolute atomic E-state index is 0.106. The van der Waals surface area contributed by atoms with Crippen LogP contribution in [0.25, 0.3) is 0 Å². The van der Waals surface area contributed by atoms with Gasteiger partial charge in [0.15, 0.2) is 0 Å². The molecule has 0 radical (unpaired) electrons. The van der Waals surface area contributed by atoms with Crippen molar-refractivity contribution in [1.29, 1.82) is 0 Å². The molecule has 1 fully saturated rings. The van der Waals surface area contributed by atoms with E-state index in [9.17, 15) is 14.7 Å². The van der Waals surface area contributed by atoms with Gasteiger partial charge in [-0.05, 0) is 48.9 Å². The van der Waals surface area contributed by atoms with Crippen molar-refractivity contribution in [1.82, 2.24) is 19.8 Å². The molecule has 2 aromatic heterocycles. The van der Waals surface area contributed by atoms with Crippen LogP contribution in [0.5, 0.6) is 0 Å². The number of nitrogens with zero attached hydrogens (tertiary/aromatic N) is 4. The zero-order chi connectivity index (χ0) is 20.9. The molecule has 0 unspecified atom stereocenters. The molecule has 2 aromatic rings. The predicted octanol–water partition coefficient (Wildman–Crippen LogP) is 2.72. The summed E-state index contributed by atoms with van der Waals surface area (Å²) >= 11 is 0. The average molecular weight is 409 g/mol. The normalized spacial score (nSPS) is 16.9. The van der Waals surface area contributed by atoms with E-state index >= 15 is 0 Å². The quantitative estimate of drug-likeness (QED) is 0.696. The van der Waals surface area contributed by atoms with Gasteiger partial charge in [-0.3, -0.25) is 9.78 Å². The number of aromatic nitrogens is 2. The first-order chi connectivity index (χ1) is 14.6. The second kappa shape index (κ2) is 9.11. The van der Waals surface area contributed by atoms with Crippen LogP contribution >= 0.6 is 0 Å². The molecule has 4 rings (SSSR count). The van der Waals surface area contributed by atoms with Gasteiger partial charge in [-0.25, -0.2) is 9.78 Å². The molecule has 0 aromatic carbocycles. The summed E-state index contributed by atoms with van der Waals surface area (Å²) in [6.07, 6.45) is 6.99. The van der Waals surface area contributed by atoms with Crippen LogP contribution in [0.4, 0.5) is 10.6 Å². The number of amides is 2. The first-order valence-corrected chi connectivity index (χ1v) is 10.5. The molecule has 0 bridgehead atoms. The van der Waals surface area contributed by atoms with E-state index in [2.05, 4.69) is 22.4 Å². The van der Waals surface area contributed by atoms with Gasteiger partial charge in [0.1, 0.15) is 5.82 Å². The topological polar surface area (TPSA) is 98.7 Å². The number of carboxylic acid groups (broad SMARTS) is 1. The first kappa shape index (κ1) is 20.1. The Bertz CT molecular complexity index is 905. The van der Waals surface area contributed by atoms with Crippen LogP contribution in [0.15, 0.2) is 36.7 Å². The predicted molar refractivity (Wildman–Crippen MR) is 112 cm³/mol. The fourth-order valence-corrected chi connectivity index (χ4v) is 4.20. The molecule has 1 saturated heterocycles. The van der Waals surface area contributed by atoms with Crippen molar-refractivity contribution in [2.24, 2.45) is 0 Å². The lowest BCUT2D eigenvalue weighted by Crippen LogP contribution is -2.36. The van der Waals surface area contributed by atoms with Gasteiger partial charge >= 0.3 is 12.0 Å². The molecule has 2 amide bonds. The summed E-state index contributed by atoms with van der Waals surface area (Å²) in [5.74, 6) is 0.0670. The number of aryl methyl sites for hydroxylation is 2. The lowest BCUT2D eigenvalue weighted by molar-refractivity contribution is -0.138. The van der Waals surface area contributed by atoms with Crippen molar-refractivity contribution in [3.8, 4) is 0 Å². The zero-order valence-corrected chi connectivity index (χ0v) is 17.0. The molecular weight excluding hydrogens is 382 g/mol. The van der Waals surface area contributed by atoms with E-state index in [0.717, 1.165) is 49.3 Å². The molecular formula is C22H27N5O3. The van der Waals surface area contributed by atoms with Crippen molar-refractivity contribution in [2.45, 2.75) is 38.1 Å². The monoisotopic (exact) mass is 409 g/mol. The van der Waals surface area contributed by atoms with Crippen molar-refractivity contribution in [3.63, 3.8) is 0 Å². The molecule has 2 N–H and O–H groups in total. The van der Waals surface area contributed by atoms with Crippen molar-refractivity contribution in [2.75, 3.05) is 31.5 Å². The van der Waals surface area contributed by atoms with E-state index < -0.39 is 12.0 Å². The molecule has 0 spiro atoms. The number of pyridine rings is 2. The zero-order valence-electron chi connectivity index (χ0n) is 17.0. The third kappa shape index (κ3) is 4.53. The molecule has 2 aliphatic rings. The number of carbonyl (C=O) groups is 2. The van der Waals surface area contributed by atoms with E-state index in [1.807, 2.05) is 11.0 Å². The second-order valence-corrected chi connectivity index (χ2v) is 7.81. The van der Waals surface area contributed by atoms with Gasteiger partial charge in [-0.15, -0.1) is 0 Å². The number of carboxylic acids is 1. The van der Waals surface area contributed by atoms with Crippen molar-refractivity contribution >= 4 is 17.8 Å². The van der Waals surface area contributed by atoms with Gasteiger partial charge < -0.3 is 20.2 Å². The van der Waals surface area contributed by atoms with Crippen LogP contribution < -0.4 is 5.32 Å². The highest BCUT2D eigenvalue weighted by molar-refractivity contribution is 5.78. The van der Waals surface area contributed by atoms with Crippen molar-refractivity contribution in [3.05, 3.63) is 53.5 Å². The Balaban J connectivity index is 1.35. The molecule has 30 heavy (non-hydrogen) atoms. The Labute approximate surface area is 175 Å². The number of rotatable bonds is 8. The highest BCUT2D eigenvalue weighted by Gasteiger charge is 2.35. The van der Waals surface area contributed by atoms with Gasteiger partial charge in [-0.1, -0.05) is 12.1 Å². The molecule has 0 aliphatic carbocycles. The molecule has 158 valence electrons. The standard InChI is InChI=1S/C22H27N5O3/c28-20(29)14-19(17-5-1-9-23-15-17)27-13-12-26(22(27)30)11-3-6-18-8-7-16-4-2-10-24-21(16)25-18/h1,5,7-9,15,19H,2-4,6,10-14H2,(H,24,25)(H,28,29)/t19-/m0/s1. The number of carbonyl (C=O) groups excluding carboxylic acids is 1. The molecule has 8 nitrogen and oxygen atoms in total. The maximum Gasteiger partial charge on any atom is 0.320 e.